The lowest BCUT2D eigenvalue weighted by molar-refractivity contribution is -0.155. The zero-order valence-corrected chi connectivity index (χ0v) is 8.35. The minimum atomic E-state index is -4.81. The van der Waals surface area contributed by atoms with Crippen molar-refractivity contribution in [3.05, 3.63) is 28.6 Å². The van der Waals surface area contributed by atoms with Crippen LogP contribution in [-0.4, -0.2) is 6.18 Å². The number of anilines is 1. The molecule has 0 fully saturated rings. The Kier molecular flexibility index (Phi) is 2.49. The fourth-order valence-corrected chi connectivity index (χ4v) is 1.66. The van der Waals surface area contributed by atoms with Gasteiger partial charge in [-0.3, -0.25) is 0 Å². The molecule has 0 spiro atoms. The van der Waals surface area contributed by atoms with Gasteiger partial charge in [-0.05, 0) is 6.92 Å². The first-order valence-electron chi connectivity index (χ1n) is 4.50. The van der Waals surface area contributed by atoms with E-state index < -0.39 is 46.5 Å². The lowest BCUT2D eigenvalue weighted by Crippen LogP contribution is -2.32. The minimum Gasteiger partial charge on any atom is -0.317 e. The highest BCUT2D eigenvalue weighted by Crippen LogP contribution is 2.43. The van der Waals surface area contributed by atoms with Crippen LogP contribution in [-0.2, 0) is 0 Å². The molecule has 1 unspecified atom stereocenters. The van der Waals surface area contributed by atoms with E-state index in [0.717, 1.165) is 6.92 Å². The van der Waals surface area contributed by atoms with Gasteiger partial charge in [0.1, 0.15) is 5.82 Å². The van der Waals surface area contributed by atoms with E-state index in [9.17, 15) is 26.3 Å². The Hall–Kier alpha value is -1.44. The Morgan fingerprint density at radius 3 is 2.12 bits per heavy atom. The molecule has 0 radical (unpaired) electrons. The molecule has 2 rings (SSSR count). The Bertz CT molecular complexity index is 482. The first-order valence-corrected chi connectivity index (χ1v) is 4.50. The van der Waals surface area contributed by atoms with Crippen molar-refractivity contribution in [2.45, 2.75) is 19.1 Å². The van der Waals surface area contributed by atoms with Crippen LogP contribution < -0.4 is 10.9 Å². The second kappa shape index (κ2) is 3.52. The van der Waals surface area contributed by atoms with Crippen LogP contribution in [0.5, 0.6) is 0 Å². The molecule has 0 aliphatic carbocycles. The number of fused-ring (bicyclic) bond motifs is 1. The maximum Gasteiger partial charge on any atom is 0.409 e. The summed E-state index contributed by atoms with van der Waals surface area (Å²) in [5.74, 6) is -4.43. The van der Waals surface area contributed by atoms with Gasteiger partial charge in [-0.2, -0.15) is 13.2 Å². The lowest BCUT2D eigenvalue weighted by Gasteiger charge is -2.16. The first-order chi connectivity index (χ1) is 7.75. The molecule has 1 atom stereocenters. The molecule has 94 valence electrons. The van der Waals surface area contributed by atoms with Gasteiger partial charge in [0.25, 0.3) is 0 Å². The van der Waals surface area contributed by atoms with Gasteiger partial charge in [0.15, 0.2) is 17.7 Å². The minimum absolute atomic E-state index is 0.777. The third-order valence-electron chi connectivity index (χ3n) is 2.53. The standard InChI is InChI=1S/C9H6F6N2/c1-2-4(10)3-7(6(12)5(2)11)16-17-8(3)9(13,14)15/h8,16-17H,1H3. The Balaban J connectivity index is 2.69. The van der Waals surface area contributed by atoms with Gasteiger partial charge < -0.3 is 5.43 Å². The van der Waals surface area contributed by atoms with Crippen molar-refractivity contribution in [1.82, 2.24) is 5.43 Å². The van der Waals surface area contributed by atoms with E-state index in [0.29, 0.717) is 0 Å². The Morgan fingerprint density at radius 1 is 1.00 bits per heavy atom. The largest absolute Gasteiger partial charge is 0.409 e. The molecular weight excluding hydrogens is 250 g/mol. The zero-order chi connectivity index (χ0) is 13.0. The fourth-order valence-electron chi connectivity index (χ4n) is 1.66. The average molecular weight is 256 g/mol. The number of hydrazine groups is 1. The number of hydrogen-bond acceptors (Lipinski definition) is 2. The molecule has 1 aliphatic heterocycles. The van der Waals surface area contributed by atoms with Crippen LogP contribution in [0.15, 0.2) is 0 Å². The monoisotopic (exact) mass is 256 g/mol. The van der Waals surface area contributed by atoms with Crippen LogP contribution in [0.1, 0.15) is 17.2 Å². The first kappa shape index (κ1) is 12.0. The number of halogens is 6. The molecule has 2 nitrogen and oxygen atoms in total. The predicted octanol–water partition coefficient (Wildman–Crippen LogP) is 2.95. The summed E-state index contributed by atoms with van der Waals surface area (Å²) in [5, 5.41) is 0. The van der Waals surface area contributed by atoms with Crippen molar-refractivity contribution in [3.8, 4) is 0 Å². The van der Waals surface area contributed by atoms with Gasteiger partial charge in [-0.25, -0.2) is 18.6 Å². The molecule has 17 heavy (non-hydrogen) atoms. The van der Waals surface area contributed by atoms with Gasteiger partial charge >= 0.3 is 6.18 Å². The Morgan fingerprint density at radius 2 is 1.59 bits per heavy atom. The van der Waals surface area contributed by atoms with Crippen LogP contribution >= 0.6 is 0 Å². The van der Waals surface area contributed by atoms with E-state index >= 15 is 0 Å². The summed E-state index contributed by atoms with van der Waals surface area (Å²) in [4.78, 5) is 0. The van der Waals surface area contributed by atoms with Crippen molar-refractivity contribution in [2.24, 2.45) is 0 Å². The normalized spacial score (nSPS) is 19.1. The molecule has 0 amide bonds. The molecule has 2 N–H and O–H groups in total. The molecule has 1 aliphatic rings. The van der Waals surface area contributed by atoms with Crippen molar-refractivity contribution in [2.75, 3.05) is 5.43 Å². The number of benzene rings is 1. The number of rotatable bonds is 0. The molecule has 0 bridgehead atoms. The maximum atomic E-state index is 13.5. The van der Waals surface area contributed by atoms with E-state index in [-0.39, 0.29) is 0 Å². The van der Waals surface area contributed by atoms with Crippen molar-refractivity contribution in [1.29, 1.82) is 0 Å². The second-order valence-corrected chi connectivity index (χ2v) is 3.60. The van der Waals surface area contributed by atoms with Crippen molar-refractivity contribution >= 4 is 5.69 Å². The van der Waals surface area contributed by atoms with Gasteiger partial charge in [0.05, 0.1) is 5.69 Å². The summed E-state index contributed by atoms with van der Waals surface area (Å²) in [7, 11) is 0. The summed E-state index contributed by atoms with van der Waals surface area (Å²) in [6.07, 6.45) is -4.81. The number of alkyl halides is 3. The van der Waals surface area contributed by atoms with Crippen LogP contribution in [0.25, 0.3) is 0 Å². The average Bonchev–Trinajstić information content (AvgIpc) is 2.67. The van der Waals surface area contributed by atoms with Crippen molar-refractivity contribution in [3.63, 3.8) is 0 Å². The molecular formula is C9H6F6N2. The molecule has 1 heterocycles. The highest BCUT2D eigenvalue weighted by Gasteiger charge is 2.48. The van der Waals surface area contributed by atoms with Gasteiger partial charge in [-0.15, -0.1) is 0 Å². The molecule has 1 aromatic rings. The van der Waals surface area contributed by atoms with Crippen LogP contribution in [0, 0.1) is 24.4 Å². The quantitative estimate of drug-likeness (QED) is 0.551. The molecule has 0 saturated heterocycles. The van der Waals surface area contributed by atoms with Crippen LogP contribution in [0.3, 0.4) is 0 Å². The van der Waals surface area contributed by atoms with Crippen LogP contribution in [0.2, 0.25) is 0 Å². The highest BCUT2D eigenvalue weighted by molar-refractivity contribution is 5.60. The fraction of sp³-hybridized carbons (Fsp3) is 0.333. The molecule has 0 saturated carbocycles. The summed E-state index contributed by atoms with van der Waals surface area (Å²) < 4.78 is 77.4. The third-order valence-corrected chi connectivity index (χ3v) is 2.53. The second-order valence-electron chi connectivity index (χ2n) is 3.60. The Labute approximate surface area is 91.6 Å². The van der Waals surface area contributed by atoms with E-state index in [1.165, 1.54) is 0 Å². The number of hydrogen-bond donors (Lipinski definition) is 2. The zero-order valence-electron chi connectivity index (χ0n) is 8.35. The van der Waals surface area contributed by atoms with Gasteiger partial charge in [0, 0.05) is 11.1 Å². The van der Waals surface area contributed by atoms with Gasteiger partial charge in [-0.1, -0.05) is 0 Å². The summed E-state index contributed by atoms with van der Waals surface area (Å²) >= 11 is 0. The summed E-state index contributed by atoms with van der Waals surface area (Å²) in [6.45, 7) is 0.875. The highest BCUT2D eigenvalue weighted by atomic mass is 19.4. The SMILES string of the molecule is Cc1c(F)c(F)c2c(c1F)C(C(F)(F)F)NN2. The lowest BCUT2D eigenvalue weighted by atomic mass is 10.0. The van der Waals surface area contributed by atoms with Crippen LogP contribution in [0.4, 0.5) is 32.0 Å². The molecule has 8 heteroatoms. The third kappa shape index (κ3) is 1.63. The maximum absolute atomic E-state index is 13.5. The van der Waals surface area contributed by atoms with Gasteiger partial charge in [0.2, 0.25) is 0 Å². The van der Waals surface area contributed by atoms with E-state index in [2.05, 4.69) is 0 Å². The molecule has 1 aromatic carbocycles. The van der Waals surface area contributed by atoms with E-state index in [4.69, 9.17) is 0 Å². The predicted molar refractivity (Wildman–Crippen MR) is 46.6 cm³/mol. The van der Waals surface area contributed by atoms with E-state index in [1.807, 2.05) is 5.43 Å². The smallest absolute Gasteiger partial charge is 0.317 e. The summed E-state index contributed by atoms with van der Waals surface area (Å²) in [6, 6.07) is -2.40. The molecule has 0 aromatic heterocycles. The van der Waals surface area contributed by atoms with E-state index in [1.54, 1.807) is 5.43 Å². The van der Waals surface area contributed by atoms with Crippen molar-refractivity contribution < 1.29 is 26.3 Å². The summed E-state index contributed by atoms with van der Waals surface area (Å²) in [5.41, 5.74) is 0.919. The number of nitrogens with one attached hydrogen (secondary N) is 2. The topological polar surface area (TPSA) is 24.1 Å².